The Kier molecular flexibility index (Phi) is 9.14. The lowest BCUT2D eigenvalue weighted by molar-refractivity contribution is -0.348. The number of nitrogens with zero attached hydrogens (tertiary/aromatic N) is 1. The summed E-state index contributed by atoms with van der Waals surface area (Å²) in [7, 11) is -8.47. The van der Waals surface area contributed by atoms with Gasteiger partial charge < -0.3 is 4.90 Å². The zero-order chi connectivity index (χ0) is 36.4. The average Bonchev–Trinajstić information content (AvgIpc) is 3.44. The normalized spacial score (nSPS) is 20.1. The molecule has 0 spiro atoms. The minimum absolute atomic E-state index is 0.00787. The van der Waals surface area contributed by atoms with Crippen molar-refractivity contribution in [2.45, 2.75) is 78.1 Å². The molecule has 2 aliphatic rings. The first-order chi connectivity index (χ1) is 22.6. The maximum Gasteiger partial charge on any atom is 0.435 e. The molecule has 5 rings (SSSR count). The second-order valence-corrected chi connectivity index (χ2v) is 16.8. The van der Waals surface area contributed by atoms with Gasteiger partial charge in [-0.2, -0.15) is 26.3 Å². The van der Waals surface area contributed by atoms with Crippen molar-refractivity contribution in [1.82, 2.24) is 4.90 Å². The van der Waals surface area contributed by atoms with Crippen LogP contribution in [0.2, 0.25) is 0 Å². The summed E-state index contributed by atoms with van der Waals surface area (Å²) in [4.78, 5) is 14.6. The molecular weight excluding hydrogens is 699 g/mol. The minimum atomic E-state index is -6.37. The molecule has 2 atom stereocenters. The second-order valence-electron chi connectivity index (χ2n) is 12.5. The number of aryl methyl sites for hydroxylation is 2. The molecule has 3 aromatic rings. The third kappa shape index (κ3) is 5.96. The van der Waals surface area contributed by atoms with E-state index < -0.39 is 72.1 Å². The maximum atomic E-state index is 15.1. The summed E-state index contributed by atoms with van der Waals surface area (Å²) in [6, 6.07) is 11.9. The summed E-state index contributed by atoms with van der Waals surface area (Å²) in [5, 5.41) is 0. The van der Waals surface area contributed by atoms with Crippen LogP contribution in [0.5, 0.6) is 0 Å². The lowest BCUT2D eigenvalue weighted by atomic mass is 9.76. The Balaban J connectivity index is 1.59. The van der Waals surface area contributed by atoms with Crippen LogP contribution < -0.4 is 0 Å². The summed E-state index contributed by atoms with van der Waals surface area (Å²) in [6.07, 6.45) is -14.1. The number of alkyl halides is 7. The monoisotopic (exact) mass is 731 g/mol. The highest BCUT2D eigenvalue weighted by Gasteiger charge is 2.74. The zero-order valence-corrected chi connectivity index (χ0v) is 28.0. The molecule has 1 aliphatic heterocycles. The van der Waals surface area contributed by atoms with Crippen LogP contribution in [0.1, 0.15) is 54.0 Å². The van der Waals surface area contributed by atoms with E-state index in [4.69, 9.17) is 0 Å². The number of hydrogen-bond acceptors (Lipinski definition) is 5. The van der Waals surface area contributed by atoms with E-state index >= 15 is 4.39 Å². The predicted octanol–water partition coefficient (Wildman–Crippen LogP) is 7.40. The molecule has 0 saturated carbocycles. The van der Waals surface area contributed by atoms with E-state index in [1.165, 1.54) is 41.3 Å². The molecule has 264 valence electrons. The van der Waals surface area contributed by atoms with Gasteiger partial charge in [-0.1, -0.05) is 60.2 Å². The van der Waals surface area contributed by atoms with Crippen molar-refractivity contribution in [3.05, 3.63) is 101 Å². The van der Waals surface area contributed by atoms with Crippen LogP contribution in [0, 0.1) is 6.92 Å². The highest BCUT2D eigenvalue weighted by atomic mass is 32.2. The summed E-state index contributed by atoms with van der Waals surface area (Å²) in [5.74, 6) is -1.28. The molecule has 1 saturated heterocycles. The number of halogens is 7. The highest BCUT2D eigenvalue weighted by molar-refractivity contribution is 7.92. The Morgan fingerprint density at radius 3 is 2.00 bits per heavy atom. The summed E-state index contributed by atoms with van der Waals surface area (Å²) >= 11 is 0. The van der Waals surface area contributed by atoms with Gasteiger partial charge in [0.1, 0.15) is 4.75 Å². The predicted molar refractivity (Wildman–Crippen MR) is 168 cm³/mol. The number of carbonyl (C=O) groups is 1. The molecule has 1 heterocycles. The third-order valence-electron chi connectivity index (χ3n) is 9.49. The topological polar surface area (TPSA) is 88.6 Å². The van der Waals surface area contributed by atoms with E-state index in [1.54, 1.807) is 26.0 Å². The number of hydrogen-bond donors (Lipinski definition) is 0. The standard InChI is InChI=1S/C34H32F7NO5S2/c1-21(2)23-6-12-27(13-7-23)49(46,47)31-17-18-42(30(43)16-19-48(44,45)26-10-4-22(3)5-11-26)29(31)15-8-24-20-25(9-14-28(24)31)32(35,33(36,37)38)34(39,40)41/h4-7,9-14,20,29H,1,8,15-19H2,2-3H3/t29-,31-/m1/s1. The molecule has 1 aliphatic carbocycles. The fourth-order valence-electron chi connectivity index (χ4n) is 6.89. The van der Waals surface area contributed by atoms with Crippen LogP contribution in [0.25, 0.3) is 5.57 Å². The van der Waals surface area contributed by atoms with Crippen LogP contribution in [0.15, 0.2) is 83.1 Å². The van der Waals surface area contributed by atoms with Crippen LogP contribution in [-0.4, -0.2) is 58.3 Å². The fourth-order valence-corrected chi connectivity index (χ4v) is 10.5. The number of allylic oxidation sites excluding steroid dienone is 1. The minimum Gasteiger partial charge on any atom is -0.338 e. The number of fused-ring (bicyclic) bond motifs is 3. The quantitative estimate of drug-likeness (QED) is 0.226. The number of amides is 1. The van der Waals surface area contributed by atoms with Crippen LogP contribution >= 0.6 is 0 Å². The van der Waals surface area contributed by atoms with Gasteiger partial charge >= 0.3 is 18.0 Å². The lowest BCUT2D eigenvalue weighted by Crippen LogP contribution is -2.53. The SMILES string of the molecule is C=C(C)c1ccc(S(=O)(=O)[C@@]23CCN(C(=O)CCS(=O)(=O)c4ccc(C)cc4)[C@@H]2CCc2cc(C(F)(C(F)(F)F)C(F)(F)F)ccc23)cc1. The molecule has 0 unspecified atom stereocenters. The van der Waals surface area contributed by atoms with Crippen LogP contribution in [0.4, 0.5) is 30.7 Å². The van der Waals surface area contributed by atoms with E-state index in [1.807, 2.05) is 0 Å². The van der Waals surface area contributed by atoms with E-state index in [-0.39, 0.29) is 46.7 Å². The summed E-state index contributed by atoms with van der Waals surface area (Å²) in [5.41, 5.74) is -5.80. The van der Waals surface area contributed by atoms with Crippen molar-refractivity contribution < 1.29 is 52.4 Å². The van der Waals surface area contributed by atoms with Gasteiger partial charge in [0.25, 0.3) is 0 Å². The first kappa shape index (κ1) is 36.6. The van der Waals surface area contributed by atoms with Gasteiger partial charge in [0, 0.05) is 18.5 Å². The second kappa shape index (κ2) is 12.3. The van der Waals surface area contributed by atoms with E-state index in [0.29, 0.717) is 23.3 Å². The third-order valence-corrected chi connectivity index (χ3v) is 13.8. The summed E-state index contributed by atoms with van der Waals surface area (Å²) in [6.45, 7) is 7.08. The van der Waals surface area contributed by atoms with Crippen molar-refractivity contribution in [2.24, 2.45) is 0 Å². The molecule has 0 N–H and O–H groups in total. The molecule has 15 heteroatoms. The van der Waals surface area contributed by atoms with E-state index in [2.05, 4.69) is 6.58 Å². The molecular formula is C34H32F7NO5S2. The van der Waals surface area contributed by atoms with Crippen LogP contribution in [-0.2, 0) is 41.3 Å². The molecule has 0 bridgehead atoms. The average molecular weight is 732 g/mol. The van der Waals surface area contributed by atoms with Crippen molar-refractivity contribution in [3.8, 4) is 0 Å². The Bertz CT molecular complexity index is 1990. The molecule has 1 amide bonds. The highest BCUT2D eigenvalue weighted by Crippen LogP contribution is 2.56. The first-order valence-electron chi connectivity index (χ1n) is 15.1. The Hall–Kier alpha value is -3.72. The van der Waals surface area contributed by atoms with Gasteiger partial charge in [-0.25, -0.2) is 21.2 Å². The molecule has 3 aromatic carbocycles. The number of benzene rings is 3. The van der Waals surface area contributed by atoms with E-state index in [0.717, 1.165) is 11.6 Å². The van der Waals surface area contributed by atoms with Gasteiger partial charge in [0.15, 0.2) is 19.7 Å². The molecule has 6 nitrogen and oxygen atoms in total. The molecule has 0 aromatic heterocycles. The Morgan fingerprint density at radius 1 is 0.878 bits per heavy atom. The number of carbonyl (C=O) groups excluding carboxylic acids is 1. The summed E-state index contributed by atoms with van der Waals surface area (Å²) < 4.78 is 150. The lowest BCUT2D eigenvalue weighted by Gasteiger charge is -2.43. The maximum absolute atomic E-state index is 15.1. The zero-order valence-electron chi connectivity index (χ0n) is 26.3. The van der Waals surface area contributed by atoms with Gasteiger partial charge in [0.05, 0.1) is 21.6 Å². The van der Waals surface area contributed by atoms with Gasteiger partial charge in [-0.15, -0.1) is 0 Å². The Morgan fingerprint density at radius 2 is 1.45 bits per heavy atom. The number of sulfone groups is 2. The first-order valence-corrected chi connectivity index (χ1v) is 18.3. The number of rotatable bonds is 8. The largest absolute Gasteiger partial charge is 0.435 e. The van der Waals surface area contributed by atoms with Gasteiger partial charge in [-0.3, -0.25) is 4.79 Å². The molecule has 0 radical (unpaired) electrons. The molecule has 1 fully saturated rings. The fraction of sp³-hybridized carbons (Fsp3) is 0.382. The van der Waals surface area contributed by atoms with Crippen molar-refractivity contribution >= 4 is 31.2 Å². The van der Waals surface area contributed by atoms with Gasteiger partial charge in [-0.05, 0) is 74.1 Å². The smallest absolute Gasteiger partial charge is 0.338 e. The van der Waals surface area contributed by atoms with Crippen LogP contribution in [0.3, 0.4) is 0 Å². The van der Waals surface area contributed by atoms with Crippen molar-refractivity contribution in [3.63, 3.8) is 0 Å². The molecule has 49 heavy (non-hydrogen) atoms. The van der Waals surface area contributed by atoms with Crippen molar-refractivity contribution in [2.75, 3.05) is 12.3 Å². The Labute approximate surface area is 279 Å². The van der Waals surface area contributed by atoms with Gasteiger partial charge in [0.2, 0.25) is 5.91 Å². The van der Waals surface area contributed by atoms with Crippen molar-refractivity contribution in [1.29, 1.82) is 0 Å². The van der Waals surface area contributed by atoms with E-state index in [9.17, 15) is 48.0 Å². The number of likely N-dealkylation sites (tertiary alicyclic amines) is 1.